The first kappa shape index (κ1) is 20.9. The molecule has 160 valence electrons. The quantitative estimate of drug-likeness (QED) is 0.683. The maximum Gasteiger partial charge on any atom is 0.222 e. The average Bonchev–Trinajstić information content (AvgIpc) is 2.76. The Balaban J connectivity index is 1.39. The van der Waals surface area contributed by atoms with E-state index in [1.54, 1.807) is 6.07 Å². The number of hydrogen-bond donors (Lipinski definition) is 0. The summed E-state index contributed by atoms with van der Waals surface area (Å²) >= 11 is 0. The lowest BCUT2D eigenvalue weighted by Crippen LogP contribution is -2.56. The van der Waals surface area contributed by atoms with Crippen LogP contribution < -0.4 is 4.74 Å². The number of ether oxygens (including phenoxy) is 1. The molecule has 2 atom stereocenters. The van der Waals surface area contributed by atoms with Gasteiger partial charge in [-0.05, 0) is 49.8 Å². The van der Waals surface area contributed by atoms with Gasteiger partial charge in [0, 0.05) is 44.2 Å². The van der Waals surface area contributed by atoms with Gasteiger partial charge in [-0.15, -0.1) is 0 Å². The third-order valence-electron chi connectivity index (χ3n) is 6.47. The molecular formula is C25H31FN2O2. The first-order chi connectivity index (χ1) is 14.7. The van der Waals surface area contributed by atoms with Gasteiger partial charge in [0.05, 0.1) is 6.61 Å². The summed E-state index contributed by atoms with van der Waals surface area (Å²) in [6, 6.07) is 15.4. The molecule has 0 aromatic heterocycles. The van der Waals surface area contributed by atoms with Crippen LogP contribution in [0.2, 0.25) is 0 Å². The SMILES string of the molecule is CCOc1ccccc1CN1CC[C@H]2[C@H](CCC(=O)N2CCc2ccccc2F)C1. The summed E-state index contributed by atoms with van der Waals surface area (Å²) in [6.07, 6.45) is 3.10. The van der Waals surface area contributed by atoms with Gasteiger partial charge in [-0.3, -0.25) is 9.69 Å². The van der Waals surface area contributed by atoms with Crippen LogP contribution in [0.15, 0.2) is 48.5 Å². The fourth-order valence-electron chi connectivity index (χ4n) is 4.97. The minimum atomic E-state index is -0.179. The molecule has 2 fully saturated rings. The Hall–Kier alpha value is -2.40. The van der Waals surface area contributed by atoms with Gasteiger partial charge in [-0.25, -0.2) is 4.39 Å². The van der Waals surface area contributed by atoms with E-state index in [0.717, 1.165) is 38.2 Å². The summed E-state index contributed by atoms with van der Waals surface area (Å²) in [7, 11) is 0. The van der Waals surface area contributed by atoms with E-state index in [2.05, 4.69) is 17.0 Å². The first-order valence-electron chi connectivity index (χ1n) is 11.1. The van der Waals surface area contributed by atoms with Crippen LogP contribution in [0.4, 0.5) is 4.39 Å². The topological polar surface area (TPSA) is 32.8 Å². The van der Waals surface area contributed by atoms with E-state index >= 15 is 0 Å². The van der Waals surface area contributed by atoms with Crippen LogP contribution in [-0.2, 0) is 17.8 Å². The highest BCUT2D eigenvalue weighted by atomic mass is 19.1. The van der Waals surface area contributed by atoms with Crippen LogP contribution in [0.5, 0.6) is 5.75 Å². The molecule has 4 rings (SSSR count). The molecule has 5 heteroatoms. The highest BCUT2D eigenvalue weighted by Crippen LogP contribution is 2.33. The summed E-state index contributed by atoms with van der Waals surface area (Å²) in [5, 5.41) is 0. The van der Waals surface area contributed by atoms with E-state index in [9.17, 15) is 9.18 Å². The zero-order chi connectivity index (χ0) is 20.9. The Morgan fingerprint density at radius 3 is 2.63 bits per heavy atom. The molecule has 0 saturated carbocycles. The number of fused-ring (bicyclic) bond motifs is 1. The summed E-state index contributed by atoms with van der Waals surface area (Å²) < 4.78 is 19.8. The van der Waals surface area contributed by atoms with E-state index in [1.165, 1.54) is 11.6 Å². The highest BCUT2D eigenvalue weighted by molar-refractivity contribution is 5.77. The van der Waals surface area contributed by atoms with Gasteiger partial charge in [0.1, 0.15) is 11.6 Å². The van der Waals surface area contributed by atoms with Crippen molar-refractivity contribution in [3.05, 3.63) is 65.5 Å². The predicted molar refractivity (Wildman–Crippen MR) is 116 cm³/mol. The molecule has 1 amide bonds. The van der Waals surface area contributed by atoms with Gasteiger partial charge >= 0.3 is 0 Å². The molecule has 2 saturated heterocycles. The van der Waals surface area contributed by atoms with Crippen molar-refractivity contribution in [3.8, 4) is 5.75 Å². The number of carbonyl (C=O) groups excluding carboxylic acids is 1. The third-order valence-corrected chi connectivity index (χ3v) is 6.47. The van der Waals surface area contributed by atoms with Crippen LogP contribution >= 0.6 is 0 Å². The van der Waals surface area contributed by atoms with E-state index in [-0.39, 0.29) is 17.8 Å². The summed E-state index contributed by atoms with van der Waals surface area (Å²) in [4.78, 5) is 17.2. The van der Waals surface area contributed by atoms with Crippen LogP contribution in [0.3, 0.4) is 0 Å². The normalized spacial score (nSPS) is 22.1. The molecule has 2 aliphatic heterocycles. The minimum Gasteiger partial charge on any atom is -0.494 e. The largest absolute Gasteiger partial charge is 0.494 e. The number of para-hydroxylation sites is 1. The van der Waals surface area contributed by atoms with Crippen LogP contribution in [0.25, 0.3) is 0 Å². The summed E-state index contributed by atoms with van der Waals surface area (Å²) in [6.45, 7) is 6.12. The van der Waals surface area contributed by atoms with Gasteiger partial charge in [0.15, 0.2) is 0 Å². The van der Waals surface area contributed by atoms with Crippen LogP contribution in [0, 0.1) is 11.7 Å². The molecule has 0 spiro atoms. The number of halogens is 1. The molecule has 0 N–H and O–H groups in total. The average molecular weight is 411 g/mol. The van der Waals surface area contributed by atoms with Crippen molar-refractivity contribution in [1.82, 2.24) is 9.80 Å². The standard InChI is InChI=1S/C25H31FN2O2/c1-2-30-24-10-6-4-8-21(24)18-27-15-14-23-20(17-27)11-12-25(29)28(23)16-13-19-7-3-5-9-22(19)26/h3-10,20,23H,2,11-18H2,1H3/t20-,23+/m1/s1. The van der Waals surface area contributed by atoms with Gasteiger partial charge in [-0.2, -0.15) is 0 Å². The second kappa shape index (κ2) is 9.61. The van der Waals surface area contributed by atoms with E-state index in [4.69, 9.17) is 4.74 Å². The van der Waals surface area contributed by atoms with Crippen molar-refractivity contribution in [2.75, 3.05) is 26.2 Å². The third kappa shape index (κ3) is 4.67. The highest BCUT2D eigenvalue weighted by Gasteiger charge is 2.39. The van der Waals surface area contributed by atoms with Gasteiger partial charge in [0.25, 0.3) is 0 Å². The Bertz CT molecular complexity index is 872. The Morgan fingerprint density at radius 1 is 1.07 bits per heavy atom. The molecule has 2 aliphatic rings. The summed E-state index contributed by atoms with van der Waals surface area (Å²) in [5.41, 5.74) is 1.92. The molecule has 0 aliphatic carbocycles. The zero-order valence-electron chi connectivity index (χ0n) is 17.7. The second-order valence-electron chi connectivity index (χ2n) is 8.36. The molecule has 2 heterocycles. The van der Waals surface area contributed by atoms with E-state index in [1.807, 2.05) is 36.1 Å². The molecule has 2 aromatic rings. The lowest BCUT2D eigenvalue weighted by Gasteiger charge is -2.47. The second-order valence-corrected chi connectivity index (χ2v) is 8.36. The fourth-order valence-corrected chi connectivity index (χ4v) is 4.97. The first-order valence-corrected chi connectivity index (χ1v) is 11.1. The van der Waals surface area contributed by atoms with Crippen LogP contribution in [0.1, 0.15) is 37.3 Å². The Morgan fingerprint density at radius 2 is 1.83 bits per heavy atom. The molecule has 0 unspecified atom stereocenters. The minimum absolute atomic E-state index is 0.179. The van der Waals surface area contributed by atoms with Crippen LogP contribution in [-0.4, -0.2) is 48.0 Å². The van der Waals surface area contributed by atoms with Crippen molar-refractivity contribution >= 4 is 5.91 Å². The number of benzene rings is 2. The summed E-state index contributed by atoms with van der Waals surface area (Å²) in [5.74, 6) is 1.49. The van der Waals surface area contributed by atoms with Gasteiger partial charge in [0.2, 0.25) is 5.91 Å². The maximum atomic E-state index is 14.0. The van der Waals surface area contributed by atoms with Crippen molar-refractivity contribution in [2.24, 2.45) is 5.92 Å². The van der Waals surface area contributed by atoms with Crippen molar-refractivity contribution in [2.45, 2.75) is 45.2 Å². The number of hydrogen-bond acceptors (Lipinski definition) is 3. The number of nitrogens with zero attached hydrogens (tertiary/aromatic N) is 2. The Labute approximate surface area is 178 Å². The number of rotatable bonds is 7. The lowest BCUT2D eigenvalue weighted by molar-refractivity contribution is -0.141. The monoisotopic (exact) mass is 410 g/mol. The van der Waals surface area contributed by atoms with Gasteiger partial charge < -0.3 is 9.64 Å². The van der Waals surface area contributed by atoms with Gasteiger partial charge in [-0.1, -0.05) is 36.4 Å². The zero-order valence-corrected chi connectivity index (χ0v) is 17.7. The van der Waals surface area contributed by atoms with Crippen molar-refractivity contribution < 1.29 is 13.9 Å². The number of piperidine rings is 2. The van der Waals surface area contributed by atoms with Crippen molar-refractivity contribution in [3.63, 3.8) is 0 Å². The molecule has 4 nitrogen and oxygen atoms in total. The molecular weight excluding hydrogens is 379 g/mol. The Kier molecular flexibility index (Phi) is 6.68. The molecule has 0 radical (unpaired) electrons. The smallest absolute Gasteiger partial charge is 0.222 e. The maximum absolute atomic E-state index is 14.0. The van der Waals surface area contributed by atoms with E-state index < -0.39 is 0 Å². The predicted octanol–water partition coefficient (Wildman–Crippen LogP) is 4.28. The molecule has 0 bridgehead atoms. The van der Waals surface area contributed by atoms with E-state index in [0.29, 0.717) is 37.5 Å². The fraction of sp³-hybridized carbons (Fsp3) is 0.480. The number of carbonyl (C=O) groups is 1. The van der Waals surface area contributed by atoms with Crippen molar-refractivity contribution in [1.29, 1.82) is 0 Å². The number of amides is 1. The lowest BCUT2D eigenvalue weighted by atomic mass is 9.83. The molecule has 2 aromatic carbocycles. The number of likely N-dealkylation sites (tertiary alicyclic amines) is 2. The molecule has 30 heavy (non-hydrogen) atoms.